The third-order valence-corrected chi connectivity index (χ3v) is 7.14. The Balaban J connectivity index is 1.40. The van der Waals surface area contributed by atoms with Gasteiger partial charge in [-0.1, -0.05) is 6.07 Å². The van der Waals surface area contributed by atoms with Crippen LogP contribution in [0.3, 0.4) is 0 Å². The molecule has 2 fully saturated rings. The maximum absolute atomic E-state index is 15.0. The quantitative estimate of drug-likeness (QED) is 0.686. The van der Waals surface area contributed by atoms with Gasteiger partial charge in [0.1, 0.15) is 17.4 Å². The molecule has 1 aromatic carbocycles. The SMILES string of the molecule is CC1CCC(C)N1C(=O)c1ccc([C@@H](C)NC(=O)C2(NC(=O)C3CC=NN3C)CC2)c(F)c1. The van der Waals surface area contributed by atoms with Crippen LogP contribution in [-0.4, -0.2) is 64.6 Å². The average Bonchev–Trinajstić information content (AvgIpc) is 3.29. The van der Waals surface area contributed by atoms with E-state index in [4.69, 9.17) is 0 Å². The van der Waals surface area contributed by atoms with Crippen molar-refractivity contribution >= 4 is 23.9 Å². The van der Waals surface area contributed by atoms with Crippen LogP contribution < -0.4 is 10.6 Å². The van der Waals surface area contributed by atoms with Crippen LogP contribution in [0, 0.1) is 5.82 Å². The Labute approximate surface area is 193 Å². The van der Waals surface area contributed by atoms with Crippen LogP contribution in [0.2, 0.25) is 0 Å². The van der Waals surface area contributed by atoms with E-state index >= 15 is 0 Å². The molecule has 1 saturated carbocycles. The fourth-order valence-electron chi connectivity index (χ4n) is 4.81. The minimum Gasteiger partial charge on any atom is -0.347 e. The Hall–Kier alpha value is -2.97. The highest BCUT2D eigenvalue weighted by molar-refractivity contribution is 5.97. The summed E-state index contributed by atoms with van der Waals surface area (Å²) in [5.74, 6) is -1.28. The van der Waals surface area contributed by atoms with Crippen molar-refractivity contribution in [3.63, 3.8) is 0 Å². The van der Waals surface area contributed by atoms with E-state index in [2.05, 4.69) is 15.7 Å². The fourth-order valence-corrected chi connectivity index (χ4v) is 4.81. The maximum Gasteiger partial charge on any atom is 0.254 e. The third kappa shape index (κ3) is 4.45. The van der Waals surface area contributed by atoms with Gasteiger partial charge in [0.05, 0.1) is 6.04 Å². The zero-order valence-electron chi connectivity index (χ0n) is 19.6. The van der Waals surface area contributed by atoms with E-state index in [9.17, 15) is 18.8 Å². The van der Waals surface area contributed by atoms with Crippen molar-refractivity contribution in [1.29, 1.82) is 0 Å². The molecular weight excluding hydrogens is 425 g/mol. The van der Waals surface area contributed by atoms with Crippen LogP contribution in [0.1, 0.15) is 74.8 Å². The molecule has 2 aliphatic heterocycles. The lowest BCUT2D eigenvalue weighted by Crippen LogP contribution is -2.53. The van der Waals surface area contributed by atoms with Gasteiger partial charge in [0, 0.05) is 42.9 Å². The van der Waals surface area contributed by atoms with E-state index in [1.807, 2.05) is 18.7 Å². The number of benzene rings is 1. The lowest BCUT2D eigenvalue weighted by atomic mass is 10.0. The Morgan fingerprint density at radius 2 is 1.85 bits per heavy atom. The van der Waals surface area contributed by atoms with Crippen LogP contribution in [0.5, 0.6) is 0 Å². The highest BCUT2D eigenvalue weighted by Crippen LogP contribution is 2.37. The lowest BCUT2D eigenvalue weighted by molar-refractivity contribution is -0.132. The number of carbonyl (C=O) groups is 3. The molecule has 4 rings (SSSR count). The Bertz CT molecular complexity index is 982. The first kappa shape index (κ1) is 23.2. The summed E-state index contributed by atoms with van der Waals surface area (Å²) in [7, 11) is 1.72. The van der Waals surface area contributed by atoms with Gasteiger partial charge in [-0.2, -0.15) is 5.10 Å². The summed E-state index contributed by atoms with van der Waals surface area (Å²) >= 11 is 0. The number of nitrogens with zero attached hydrogens (tertiary/aromatic N) is 3. The molecule has 0 radical (unpaired) electrons. The third-order valence-electron chi connectivity index (χ3n) is 7.14. The zero-order chi connectivity index (χ0) is 23.9. The van der Waals surface area contributed by atoms with Gasteiger partial charge < -0.3 is 15.5 Å². The second kappa shape index (κ2) is 8.76. The Morgan fingerprint density at radius 1 is 1.18 bits per heavy atom. The summed E-state index contributed by atoms with van der Waals surface area (Å²) in [5, 5.41) is 11.3. The fraction of sp³-hybridized carbons (Fsp3) is 0.583. The minimum absolute atomic E-state index is 0.133. The number of amides is 3. The molecule has 33 heavy (non-hydrogen) atoms. The van der Waals surface area contributed by atoms with Gasteiger partial charge >= 0.3 is 0 Å². The van der Waals surface area contributed by atoms with E-state index in [-0.39, 0.29) is 29.8 Å². The molecule has 1 aliphatic carbocycles. The first-order valence-electron chi connectivity index (χ1n) is 11.6. The molecule has 1 saturated heterocycles. The van der Waals surface area contributed by atoms with Crippen molar-refractivity contribution in [2.45, 2.75) is 82.6 Å². The highest BCUT2D eigenvalue weighted by atomic mass is 19.1. The maximum atomic E-state index is 15.0. The van der Waals surface area contributed by atoms with Crippen molar-refractivity contribution in [3.05, 3.63) is 35.1 Å². The number of hydrogen-bond acceptors (Lipinski definition) is 5. The molecule has 178 valence electrons. The smallest absolute Gasteiger partial charge is 0.254 e. The Morgan fingerprint density at radius 3 is 2.39 bits per heavy atom. The molecule has 0 aromatic heterocycles. The zero-order valence-corrected chi connectivity index (χ0v) is 19.6. The largest absolute Gasteiger partial charge is 0.347 e. The van der Waals surface area contributed by atoms with Gasteiger partial charge in [-0.15, -0.1) is 0 Å². The molecule has 0 bridgehead atoms. The topological polar surface area (TPSA) is 94.1 Å². The summed E-state index contributed by atoms with van der Waals surface area (Å²) in [4.78, 5) is 40.2. The van der Waals surface area contributed by atoms with E-state index in [0.29, 0.717) is 30.4 Å². The number of nitrogens with one attached hydrogen (secondary N) is 2. The van der Waals surface area contributed by atoms with Gasteiger partial charge in [0.15, 0.2) is 0 Å². The molecule has 3 amide bonds. The second-order valence-electron chi connectivity index (χ2n) is 9.61. The monoisotopic (exact) mass is 457 g/mol. The van der Waals surface area contributed by atoms with Crippen molar-refractivity contribution < 1.29 is 18.8 Å². The number of hydrazone groups is 1. The molecule has 9 heteroatoms. The standard InChI is InChI=1S/C24H32FN5O3/c1-14-5-6-15(2)30(14)22(32)17-7-8-18(19(25)13-17)16(3)27-23(33)24(10-11-24)28-21(31)20-9-12-26-29(20)4/h7-8,12-16,20H,5-6,9-11H2,1-4H3,(H,27,33)(H,28,31)/t14?,15?,16-,20?/m1/s1. The number of hydrogen-bond donors (Lipinski definition) is 2. The second-order valence-corrected chi connectivity index (χ2v) is 9.61. The summed E-state index contributed by atoms with van der Waals surface area (Å²) in [6, 6.07) is 3.66. The normalized spacial score (nSPS) is 26.3. The number of carbonyl (C=O) groups excluding carboxylic acids is 3. The minimum atomic E-state index is -0.955. The Kier molecular flexibility index (Phi) is 6.16. The summed E-state index contributed by atoms with van der Waals surface area (Å²) in [5.41, 5.74) is -0.346. The molecule has 3 unspecified atom stereocenters. The van der Waals surface area contributed by atoms with Crippen molar-refractivity contribution in [3.8, 4) is 0 Å². The van der Waals surface area contributed by atoms with E-state index in [1.54, 1.807) is 37.3 Å². The summed E-state index contributed by atoms with van der Waals surface area (Å²) < 4.78 is 15.0. The molecule has 2 N–H and O–H groups in total. The molecular formula is C24H32FN5O3. The van der Waals surface area contributed by atoms with Crippen LogP contribution in [-0.2, 0) is 9.59 Å². The molecule has 3 aliphatic rings. The van der Waals surface area contributed by atoms with Crippen LogP contribution in [0.25, 0.3) is 0 Å². The van der Waals surface area contributed by atoms with E-state index in [1.165, 1.54) is 6.07 Å². The first-order chi connectivity index (χ1) is 15.6. The van der Waals surface area contributed by atoms with Gasteiger partial charge in [-0.25, -0.2) is 4.39 Å². The molecule has 8 nitrogen and oxygen atoms in total. The van der Waals surface area contributed by atoms with Crippen LogP contribution >= 0.6 is 0 Å². The van der Waals surface area contributed by atoms with Crippen molar-refractivity contribution in [2.24, 2.45) is 5.10 Å². The van der Waals surface area contributed by atoms with Gasteiger partial charge in [-0.05, 0) is 58.6 Å². The lowest BCUT2D eigenvalue weighted by Gasteiger charge is -2.27. The van der Waals surface area contributed by atoms with Crippen molar-refractivity contribution in [1.82, 2.24) is 20.5 Å². The van der Waals surface area contributed by atoms with Crippen LogP contribution in [0.15, 0.2) is 23.3 Å². The van der Waals surface area contributed by atoms with Gasteiger partial charge in [0.2, 0.25) is 11.8 Å². The first-order valence-corrected chi connectivity index (χ1v) is 11.6. The molecule has 0 spiro atoms. The summed E-state index contributed by atoms with van der Waals surface area (Å²) in [6.07, 6.45) is 5.14. The molecule has 1 aromatic rings. The average molecular weight is 458 g/mol. The number of likely N-dealkylation sites (tertiary alicyclic amines) is 1. The number of likely N-dealkylation sites (N-methyl/N-ethyl adjacent to an activating group) is 1. The van der Waals surface area contributed by atoms with E-state index in [0.717, 1.165) is 12.8 Å². The van der Waals surface area contributed by atoms with Gasteiger partial charge in [-0.3, -0.25) is 19.4 Å². The summed E-state index contributed by atoms with van der Waals surface area (Å²) in [6.45, 7) is 5.71. The number of rotatable bonds is 6. The number of halogens is 1. The highest BCUT2D eigenvalue weighted by Gasteiger charge is 2.52. The van der Waals surface area contributed by atoms with Crippen LogP contribution in [0.4, 0.5) is 4.39 Å². The van der Waals surface area contributed by atoms with Crippen molar-refractivity contribution in [2.75, 3.05) is 7.05 Å². The van der Waals surface area contributed by atoms with Gasteiger partial charge in [0.25, 0.3) is 5.91 Å². The molecule has 2 heterocycles. The molecule has 4 atom stereocenters. The predicted octanol–water partition coefficient (Wildman–Crippen LogP) is 2.35. The van der Waals surface area contributed by atoms with E-state index < -0.39 is 23.4 Å². The predicted molar refractivity (Wildman–Crippen MR) is 122 cm³/mol.